The second-order valence-electron chi connectivity index (χ2n) is 7.48. The predicted octanol–water partition coefficient (Wildman–Crippen LogP) is 2.45. The van der Waals surface area contributed by atoms with Gasteiger partial charge in [-0.3, -0.25) is 4.79 Å². The Morgan fingerprint density at radius 3 is 2.21 bits per heavy atom. The summed E-state index contributed by atoms with van der Waals surface area (Å²) in [6, 6.07) is 17.9. The minimum Gasteiger partial charge on any atom is -0.373 e. The number of rotatable bonds is 7. The third kappa shape index (κ3) is 6.13. The molecule has 156 valence electrons. The Morgan fingerprint density at radius 2 is 1.59 bits per heavy atom. The first-order valence-corrected chi connectivity index (χ1v) is 11.5. The van der Waals surface area contributed by atoms with Crippen LogP contribution in [0.2, 0.25) is 0 Å². The number of benzene rings is 2. The molecule has 2 aromatic rings. The van der Waals surface area contributed by atoms with Crippen molar-refractivity contribution in [1.29, 1.82) is 0 Å². The van der Waals surface area contributed by atoms with Gasteiger partial charge in [-0.1, -0.05) is 54.6 Å². The van der Waals surface area contributed by atoms with Crippen LogP contribution in [-0.2, 0) is 26.0 Å². The molecule has 7 heteroatoms. The van der Waals surface area contributed by atoms with Gasteiger partial charge in [0.1, 0.15) is 0 Å². The van der Waals surface area contributed by atoms with Gasteiger partial charge in [0.2, 0.25) is 15.9 Å². The fourth-order valence-corrected chi connectivity index (χ4v) is 4.99. The molecule has 1 amide bonds. The van der Waals surface area contributed by atoms with E-state index in [-0.39, 0.29) is 36.8 Å². The van der Waals surface area contributed by atoms with Crippen molar-refractivity contribution >= 4 is 15.9 Å². The molecule has 29 heavy (non-hydrogen) atoms. The number of hydrogen-bond donors (Lipinski definition) is 1. The maximum Gasteiger partial charge on any atom is 0.224 e. The van der Waals surface area contributed by atoms with Crippen molar-refractivity contribution in [3.8, 4) is 11.1 Å². The molecule has 1 saturated heterocycles. The first-order valence-electron chi connectivity index (χ1n) is 9.88. The second-order valence-corrected chi connectivity index (χ2v) is 9.57. The molecule has 0 aromatic heterocycles. The topological polar surface area (TPSA) is 75.7 Å². The molecule has 1 aliphatic heterocycles. The van der Waals surface area contributed by atoms with E-state index < -0.39 is 10.0 Å². The molecular weight excluding hydrogens is 388 g/mol. The van der Waals surface area contributed by atoms with E-state index in [0.717, 1.165) is 16.7 Å². The molecular formula is C22H28N2O4S. The average Bonchev–Trinajstić information content (AvgIpc) is 2.68. The zero-order chi connectivity index (χ0) is 20.9. The molecule has 0 aliphatic carbocycles. The summed E-state index contributed by atoms with van der Waals surface area (Å²) in [5.74, 6) is -0.290. The summed E-state index contributed by atoms with van der Waals surface area (Å²) in [7, 11) is -3.42. The lowest BCUT2D eigenvalue weighted by Crippen LogP contribution is -2.49. The van der Waals surface area contributed by atoms with E-state index in [4.69, 9.17) is 4.74 Å². The molecule has 0 spiro atoms. The summed E-state index contributed by atoms with van der Waals surface area (Å²) in [6.45, 7) is 4.54. The molecule has 6 nitrogen and oxygen atoms in total. The third-order valence-electron chi connectivity index (χ3n) is 4.89. The molecule has 2 aromatic carbocycles. The van der Waals surface area contributed by atoms with Crippen LogP contribution in [0, 0.1) is 0 Å². The van der Waals surface area contributed by atoms with Crippen LogP contribution < -0.4 is 5.32 Å². The van der Waals surface area contributed by atoms with Crippen LogP contribution in [0.4, 0.5) is 0 Å². The quantitative estimate of drug-likeness (QED) is 0.752. The summed E-state index contributed by atoms with van der Waals surface area (Å²) in [6.07, 6.45) is -0.0234. The predicted molar refractivity (Wildman–Crippen MR) is 114 cm³/mol. The van der Waals surface area contributed by atoms with Gasteiger partial charge in [-0.25, -0.2) is 8.42 Å². The van der Waals surface area contributed by atoms with Crippen LogP contribution in [0.5, 0.6) is 0 Å². The molecule has 1 heterocycles. The fourth-order valence-electron chi connectivity index (χ4n) is 3.50. The van der Waals surface area contributed by atoms with Gasteiger partial charge < -0.3 is 10.1 Å². The standard InChI is InChI=1S/C22H28N2O4S/c1-17-15-24(16-18(2)28-17)29(26,27)13-12-23-22(25)14-19-8-10-21(11-9-19)20-6-4-3-5-7-20/h3-11,17-18H,12-16H2,1-2H3,(H,23,25)/t17-,18+. The molecule has 0 radical (unpaired) electrons. The Hall–Kier alpha value is -2.22. The van der Waals surface area contributed by atoms with Crippen molar-refractivity contribution in [1.82, 2.24) is 9.62 Å². The second kappa shape index (κ2) is 9.52. The van der Waals surface area contributed by atoms with E-state index >= 15 is 0 Å². The lowest BCUT2D eigenvalue weighted by Gasteiger charge is -2.34. The van der Waals surface area contributed by atoms with Gasteiger partial charge in [0.15, 0.2) is 0 Å². The maximum atomic E-state index is 12.5. The zero-order valence-electron chi connectivity index (χ0n) is 16.9. The zero-order valence-corrected chi connectivity index (χ0v) is 17.7. The van der Waals surface area contributed by atoms with Crippen molar-refractivity contribution < 1.29 is 17.9 Å². The molecule has 0 saturated carbocycles. The number of carbonyl (C=O) groups excluding carboxylic acids is 1. The largest absolute Gasteiger partial charge is 0.373 e. The lowest BCUT2D eigenvalue weighted by molar-refractivity contribution is -0.120. The summed E-state index contributed by atoms with van der Waals surface area (Å²) in [5.41, 5.74) is 3.11. The minimum absolute atomic E-state index is 0.101. The number of sulfonamides is 1. The first kappa shape index (κ1) is 21.5. The van der Waals surface area contributed by atoms with Gasteiger partial charge in [0.05, 0.1) is 24.4 Å². The van der Waals surface area contributed by atoms with Crippen molar-refractivity contribution in [3.05, 3.63) is 60.2 Å². The molecule has 0 unspecified atom stereocenters. The number of nitrogens with one attached hydrogen (secondary N) is 1. The van der Waals surface area contributed by atoms with Crippen LogP contribution in [0.1, 0.15) is 19.4 Å². The molecule has 0 bridgehead atoms. The Kier molecular flexibility index (Phi) is 7.05. The number of nitrogens with zero attached hydrogens (tertiary/aromatic N) is 1. The highest BCUT2D eigenvalue weighted by atomic mass is 32.2. The number of amides is 1. The molecule has 1 aliphatic rings. The highest BCUT2D eigenvalue weighted by Crippen LogP contribution is 2.19. The van der Waals surface area contributed by atoms with E-state index in [1.165, 1.54) is 4.31 Å². The number of morpholine rings is 1. The summed E-state index contributed by atoms with van der Waals surface area (Å²) in [5, 5.41) is 2.72. The van der Waals surface area contributed by atoms with Gasteiger partial charge in [0.25, 0.3) is 0 Å². The highest BCUT2D eigenvalue weighted by Gasteiger charge is 2.30. The van der Waals surface area contributed by atoms with Gasteiger partial charge in [-0.2, -0.15) is 4.31 Å². The SMILES string of the molecule is C[C@@H]1CN(S(=O)(=O)CCNC(=O)Cc2ccc(-c3ccccc3)cc2)C[C@H](C)O1. The van der Waals surface area contributed by atoms with Crippen molar-refractivity contribution in [2.75, 3.05) is 25.4 Å². The van der Waals surface area contributed by atoms with Crippen molar-refractivity contribution in [2.24, 2.45) is 0 Å². The van der Waals surface area contributed by atoms with Gasteiger partial charge >= 0.3 is 0 Å². The van der Waals surface area contributed by atoms with E-state index in [2.05, 4.69) is 5.32 Å². The molecule has 1 N–H and O–H groups in total. The average molecular weight is 417 g/mol. The van der Waals surface area contributed by atoms with Crippen LogP contribution >= 0.6 is 0 Å². The normalized spacial score (nSPS) is 20.3. The highest BCUT2D eigenvalue weighted by molar-refractivity contribution is 7.89. The van der Waals surface area contributed by atoms with Crippen molar-refractivity contribution in [2.45, 2.75) is 32.5 Å². The van der Waals surface area contributed by atoms with Crippen LogP contribution in [0.15, 0.2) is 54.6 Å². The maximum absolute atomic E-state index is 12.5. The number of hydrogen-bond acceptors (Lipinski definition) is 4. The van der Waals surface area contributed by atoms with Gasteiger partial charge in [-0.15, -0.1) is 0 Å². The summed E-state index contributed by atoms with van der Waals surface area (Å²) < 4.78 is 32.1. The smallest absolute Gasteiger partial charge is 0.224 e. The Labute approximate surface area is 172 Å². The van der Waals surface area contributed by atoms with Crippen LogP contribution in [0.25, 0.3) is 11.1 Å². The fraction of sp³-hybridized carbons (Fsp3) is 0.409. The minimum atomic E-state index is -3.42. The lowest BCUT2D eigenvalue weighted by atomic mass is 10.0. The summed E-state index contributed by atoms with van der Waals surface area (Å²) >= 11 is 0. The third-order valence-corrected chi connectivity index (χ3v) is 6.69. The van der Waals surface area contributed by atoms with Crippen molar-refractivity contribution in [3.63, 3.8) is 0 Å². The molecule has 1 fully saturated rings. The van der Waals surface area contributed by atoms with E-state index in [0.29, 0.717) is 13.1 Å². The van der Waals surface area contributed by atoms with Crippen LogP contribution in [0.3, 0.4) is 0 Å². The monoisotopic (exact) mass is 416 g/mol. The Morgan fingerprint density at radius 1 is 1.00 bits per heavy atom. The first-order chi connectivity index (χ1) is 13.8. The Balaban J connectivity index is 1.47. The molecule has 3 rings (SSSR count). The van der Waals surface area contributed by atoms with E-state index in [9.17, 15) is 13.2 Å². The van der Waals surface area contributed by atoms with Gasteiger partial charge in [0, 0.05) is 19.6 Å². The number of carbonyl (C=O) groups is 1. The summed E-state index contributed by atoms with van der Waals surface area (Å²) in [4.78, 5) is 12.2. The number of ether oxygens (including phenoxy) is 1. The van der Waals surface area contributed by atoms with E-state index in [1.807, 2.05) is 68.4 Å². The van der Waals surface area contributed by atoms with Gasteiger partial charge in [-0.05, 0) is 30.5 Å². The van der Waals surface area contributed by atoms with E-state index in [1.54, 1.807) is 0 Å². The molecule has 2 atom stereocenters. The Bertz CT molecular complexity index is 904. The van der Waals surface area contributed by atoms with Crippen LogP contribution in [-0.4, -0.2) is 56.2 Å².